The molecule has 1 unspecified atom stereocenters. The van der Waals surface area contributed by atoms with Gasteiger partial charge in [-0.05, 0) is 56.9 Å². The van der Waals surface area contributed by atoms with Crippen LogP contribution in [-0.2, 0) is 0 Å². The predicted octanol–water partition coefficient (Wildman–Crippen LogP) is 2.20. The molecule has 2 aliphatic heterocycles. The van der Waals surface area contributed by atoms with Gasteiger partial charge in [-0.3, -0.25) is 4.90 Å². The normalized spacial score (nSPS) is 24.2. The van der Waals surface area contributed by atoms with Gasteiger partial charge in [0.25, 0.3) is 0 Å². The second-order valence-corrected chi connectivity index (χ2v) is 6.17. The average molecular weight is 273 g/mol. The summed E-state index contributed by atoms with van der Waals surface area (Å²) >= 11 is 0. The Balaban J connectivity index is 1.36. The van der Waals surface area contributed by atoms with Crippen molar-refractivity contribution in [2.24, 2.45) is 5.92 Å². The maximum atomic E-state index is 3.46. The van der Waals surface area contributed by atoms with Crippen molar-refractivity contribution in [1.82, 2.24) is 10.2 Å². The van der Waals surface area contributed by atoms with Crippen molar-refractivity contribution >= 4 is 5.69 Å². The number of para-hydroxylation sites is 1. The first-order chi connectivity index (χ1) is 9.92. The Morgan fingerprint density at radius 1 is 1.05 bits per heavy atom. The molecule has 3 heteroatoms. The third-order valence-corrected chi connectivity index (χ3v) is 4.74. The Hall–Kier alpha value is -1.06. The molecule has 1 aromatic carbocycles. The molecule has 2 aliphatic rings. The molecule has 3 nitrogen and oxygen atoms in total. The molecule has 2 saturated heterocycles. The highest BCUT2D eigenvalue weighted by atomic mass is 15.3. The number of nitrogens with one attached hydrogen (secondary N) is 1. The molecule has 20 heavy (non-hydrogen) atoms. The zero-order valence-electron chi connectivity index (χ0n) is 12.4. The maximum Gasteiger partial charge on any atom is 0.0367 e. The van der Waals surface area contributed by atoms with E-state index < -0.39 is 0 Å². The third-order valence-electron chi connectivity index (χ3n) is 4.74. The number of hydrogen-bond acceptors (Lipinski definition) is 3. The van der Waals surface area contributed by atoms with Gasteiger partial charge in [0.1, 0.15) is 0 Å². The quantitative estimate of drug-likeness (QED) is 0.887. The average Bonchev–Trinajstić information content (AvgIpc) is 3.02. The van der Waals surface area contributed by atoms with Gasteiger partial charge in [0.15, 0.2) is 0 Å². The van der Waals surface area contributed by atoms with Gasteiger partial charge in [0.2, 0.25) is 0 Å². The molecule has 0 saturated carbocycles. The molecule has 110 valence electrons. The molecule has 2 heterocycles. The smallest absolute Gasteiger partial charge is 0.0367 e. The van der Waals surface area contributed by atoms with Gasteiger partial charge in [0.05, 0.1) is 0 Å². The van der Waals surface area contributed by atoms with Crippen molar-refractivity contribution in [3.63, 3.8) is 0 Å². The summed E-state index contributed by atoms with van der Waals surface area (Å²) in [6.45, 7) is 8.57. The summed E-state index contributed by atoms with van der Waals surface area (Å²) in [6, 6.07) is 10.8. The highest BCUT2D eigenvalue weighted by Gasteiger charge is 2.18. The Labute approximate surface area is 123 Å². The van der Waals surface area contributed by atoms with Gasteiger partial charge in [-0.25, -0.2) is 0 Å². The lowest BCUT2D eigenvalue weighted by atomic mass is 10.0. The number of hydrogen-bond donors (Lipinski definition) is 1. The highest BCUT2D eigenvalue weighted by molar-refractivity contribution is 5.46. The molecule has 0 spiro atoms. The number of benzene rings is 1. The van der Waals surface area contributed by atoms with Gasteiger partial charge in [-0.1, -0.05) is 18.2 Å². The summed E-state index contributed by atoms with van der Waals surface area (Å²) in [4.78, 5) is 5.15. The van der Waals surface area contributed by atoms with Gasteiger partial charge in [-0.2, -0.15) is 0 Å². The topological polar surface area (TPSA) is 18.5 Å². The van der Waals surface area contributed by atoms with Crippen LogP contribution in [-0.4, -0.2) is 50.7 Å². The van der Waals surface area contributed by atoms with Gasteiger partial charge < -0.3 is 10.2 Å². The molecule has 0 bridgehead atoms. The van der Waals surface area contributed by atoms with E-state index in [1.54, 1.807) is 0 Å². The van der Waals surface area contributed by atoms with E-state index >= 15 is 0 Å². The lowest BCUT2D eigenvalue weighted by Gasteiger charge is -2.36. The number of rotatable bonds is 5. The zero-order chi connectivity index (χ0) is 13.6. The first-order valence-electron chi connectivity index (χ1n) is 8.15. The van der Waals surface area contributed by atoms with Crippen molar-refractivity contribution < 1.29 is 0 Å². The van der Waals surface area contributed by atoms with Crippen LogP contribution in [0, 0.1) is 5.92 Å². The van der Waals surface area contributed by atoms with Crippen LogP contribution in [0.15, 0.2) is 30.3 Å². The fourth-order valence-electron chi connectivity index (χ4n) is 3.43. The molecule has 0 aromatic heterocycles. The van der Waals surface area contributed by atoms with Crippen LogP contribution in [0.2, 0.25) is 0 Å². The minimum absolute atomic E-state index is 0.945. The molecule has 1 aromatic rings. The molecular weight excluding hydrogens is 246 g/mol. The van der Waals surface area contributed by atoms with Gasteiger partial charge >= 0.3 is 0 Å². The standard InChI is InChI=1S/C17H27N3/c1-2-6-17(7-3-1)20-13-11-19(12-14-20)10-4-5-16-8-9-18-15-16/h1-3,6-7,16,18H,4-5,8-15H2. The summed E-state index contributed by atoms with van der Waals surface area (Å²) < 4.78 is 0. The van der Waals surface area contributed by atoms with Crippen LogP contribution in [0.25, 0.3) is 0 Å². The van der Waals surface area contributed by atoms with E-state index in [-0.39, 0.29) is 0 Å². The zero-order valence-corrected chi connectivity index (χ0v) is 12.4. The van der Waals surface area contributed by atoms with Crippen LogP contribution >= 0.6 is 0 Å². The van der Waals surface area contributed by atoms with Crippen LogP contribution in [0.5, 0.6) is 0 Å². The maximum absolute atomic E-state index is 3.46. The molecular formula is C17H27N3. The first kappa shape index (κ1) is 13.9. The Morgan fingerprint density at radius 2 is 1.85 bits per heavy atom. The third kappa shape index (κ3) is 3.74. The van der Waals surface area contributed by atoms with Crippen molar-refractivity contribution in [3.05, 3.63) is 30.3 Å². The first-order valence-corrected chi connectivity index (χ1v) is 8.15. The fraction of sp³-hybridized carbons (Fsp3) is 0.647. The number of nitrogens with zero attached hydrogens (tertiary/aromatic N) is 2. The van der Waals surface area contributed by atoms with Gasteiger partial charge in [0, 0.05) is 31.9 Å². The lowest BCUT2D eigenvalue weighted by molar-refractivity contribution is 0.247. The van der Waals surface area contributed by atoms with E-state index in [0.29, 0.717) is 0 Å². The SMILES string of the molecule is c1ccc(N2CCN(CCCC3CCNC3)CC2)cc1. The molecule has 1 atom stereocenters. The van der Waals surface area contributed by atoms with Crippen molar-refractivity contribution in [1.29, 1.82) is 0 Å². The van der Waals surface area contributed by atoms with Crippen molar-refractivity contribution in [2.75, 3.05) is 50.7 Å². The van der Waals surface area contributed by atoms with E-state index in [2.05, 4.69) is 45.4 Å². The second kappa shape index (κ2) is 7.09. The van der Waals surface area contributed by atoms with Crippen LogP contribution < -0.4 is 10.2 Å². The largest absolute Gasteiger partial charge is 0.369 e. The molecule has 0 aliphatic carbocycles. The summed E-state index contributed by atoms with van der Waals surface area (Å²) in [5.41, 5.74) is 1.38. The van der Waals surface area contributed by atoms with E-state index in [1.165, 1.54) is 70.8 Å². The summed E-state index contributed by atoms with van der Waals surface area (Å²) in [6.07, 6.45) is 4.17. The fourth-order valence-corrected chi connectivity index (χ4v) is 3.43. The van der Waals surface area contributed by atoms with Crippen LogP contribution in [0.1, 0.15) is 19.3 Å². The predicted molar refractivity (Wildman–Crippen MR) is 85.3 cm³/mol. The summed E-state index contributed by atoms with van der Waals surface area (Å²) in [5.74, 6) is 0.945. The number of piperazine rings is 1. The number of anilines is 1. The lowest BCUT2D eigenvalue weighted by Crippen LogP contribution is -2.46. The highest BCUT2D eigenvalue weighted by Crippen LogP contribution is 2.17. The second-order valence-electron chi connectivity index (χ2n) is 6.17. The van der Waals surface area contributed by atoms with E-state index in [9.17, 15) is 0 Å². The van der Waals surface area contributed by atoms with Gasteiger partial charge in [-0.15, -0.1) is 0 Å². The molecule has 0 radical (unpaired) electrons. The summed E-state index contributed by atoms with van der Waals surface area (Å²) in [7, 11) is 0. The molecule has 1 N–H and O–H groups in total. The molecule has 2 fully saturated rings. The molecule has 3 rings (SSSR count). The monoisotopic (exact) mass is 273 g/mol. The van der Waals surface area contributed by atoms with Crippen molar-refractivity contribution in [2.45, 2.75) is 19.3 Å². The minimum Gasteiger partial charge on any atom is -0.369 e. The molecule has 0 amide bonds. The van der Waals surface area contributed by atoms with E-state index in [4.69, 9.17) is 0 Å². The Kier molecular flexibility index (Phi) is 4.93. The summed E-state index contributed by atoms with van der Waals surface area (Å²) in [5, 5.41) is 3.46. The van der Waals surface area contributed by atoms with Crippen molar-refractivity contribution in [3.8, 4) is 0 Å². The Bertz CT molecular complexity index is 378. The van der Waals surface area contributed by atoms with E-state index in [0.717, 1.165) is 5.92 Å². The minimum atomic E-state index is 0.945. The van der Waals surface area contributed by atoms with Crippen LogP contribution in [0.4, 0.5) is 5.69 Å². The Morgan fingerprint density at radius 3 is 2.55 bits per heavy atom. The van der Waals surface area contributed by atoms with E-state index in [1.807, 2.05) is 0 Å². The van der Waals surface area contributed by atoms with Crippen LogP contribution in [0.3, 0.4) is 0 Å².